The quantitative estimate of drug-likeness (QED) is 0.855. The molecule has 1 aromatic heterocycles. The number of nitrogens with zero attached hydrogens (tertiary/aromatic N) is 1. The molecule has 1 aromatic rings. The second-order valence-corrected chi connectivity index (χ2v) is 6.37. The van der Waals surface area contributed by atoms with Crippen molar-refractivity contribution in [3.63, 3.8) is 0 Å². The monoisotopic (exact) mass is 346 g/mol. The normalized spacial score (nSPS) is 16.9. The molecule has 0 saturated heterocycles. The van der Waals surface area contributed by atoms with E-state index in [9.17, 15) is 4.79 Å². The van der Waals surface area contributed by atoms with Crippen LogP contribution in [0.1, 0.15) is 57.0 Å². The van der Waals surface area contributed by atoms with Gasteiger partial charge in [0.2, 0.25) is 0 Å². The van der Waals surface area contributed by atoms with Gasteiger partial charge in [-0.15, -0.1) is 0 Å². The molecular formula is C13H19IN2O. The summed E-state index contributed by atoms with van der Waals surface area (Å²) in [5.41, 5.74) is 1.02. The van der Waals surface area contributed by atoms with Crippen molar-refractivity contribution in [1.29, 1.82) is 0 Å². The van der Waals surface area contributed by atoms with Gasteiger partial charge in [-0.1, -0.05) is 26.7 Å². The highest BCUT2D eigenvalue weighted by Gasteiger charge is 2.21. The van der Waals surface area contributed by atoms with Crippen LogP contribution in [0.4, 0.5) is 0 Å². The summed E-state index contributed by atoms with van der Waals surface area (Å²) < 4.78 is 0.762. The fourth-order valence-corrected chi connectivity index (χ4v) is 2.91. The summed E-state index contributed by atoms with van der Waals surface area (Å²) in [5, 5.41) is 0. The summed E-state index contributed by atoms with van der Waals surface area (Å²) in [7, 11) is 0. The Labute approximate surface area is 116 Å². The fourth-order valence-electron chi connectivity index (χ4n) is 2.44. The maximum atomic E-state index is 11.9. The minimum Gasteiger partial charge on any atom is -0.309 e. The van der Waals surface area contributed by atoms with E-state index in [1.807, 2.05) is 0 Å². The number of rotatable bonds is 3. The van der Waals surface area contributed by atoms with E-state index in [-0.39, 0.29) is 5.56 Å². The van der Waals surface area contributed by atoms with Gasteiger partial charge in [-0.3, -0.25) is 4.79 Å². The van der Waals surface area contributed by atoms with Gasteiger partial charge in [-0.05, 0) is 47.8 Å². The zero-order chi connectivity index (χ0) is 12.4. The molecule has 0 spiro atoms. The molecule has 3 nitrogen and oxygen atoms in total. The molecule has 17 heavy (non-hydrogen) atoms. The number of halogens is 1. The highest BCUT2D eigenvalue weighted by Crippen LogP contribution is 2.31. The van der Waals surface area contributed by atoms with E-state index in [4.69, 9.17) is 4.98 Å². The first-order chi connectivity index (χ1) is 8.08. The summed E-state index contributed by atoms with van der Waals surface area (Å²) in [6.07, 6.45) is 5.76. The lowest BCUT2D eigenvalue weighted by atomic mass is 10.1. The summed E-state index contributed by atoms with van der Waals surface area (Å²) >= 11 is 2.11. The molecule has 1 aliphatic carbocycles. The van der Waals surface area contributed by atoms with Crippen molar-refractivity contribution >= 4 is 22.6 Å². The molecule has 0 unspecified atom stereocenters. The zero-order valence-electron chi connectivity index (χ0n) is 10.4. The predicted molar refractivity (Wildman–Crippen MR) is 77.3 cm³/mol. The Bertz CT molecular complexity index is 447. The Morgan fingerprint density at radius 3 is 2.65 bits per heavy atom. The van der Waals surface area contributed by atoms with Gasteiger partial charge in [0, 0.05) is 5.92 Å². The van der Waals surface area contributed by atoms with E-state index in [1.54, 1.807) is 0 Å². The molecule has 1 heterocycles. The highest BCUT2D eigenvalue weighted by molar-refractivity contribution is 14.1. The molecule has 4 heteroatoms. The van der Waals surface area contributed by atoms with Gasteiger partial charge in [-0.2, -0.15) is 0 Å². The number of aromatic nitrogens is 2. The second kappa shape index (κ2) is 5.50. The number of aromatic amines is 1. The van der Waals surface area contributed by atoms with Gasteiger partial charge in [-0.25, -0.2) is 4.98 Å². The molecule has 2 rings (SSSR count). The number of hydrogen-bond acceptors (Lipinski definition) is 2. The Kier molecular flexibility index (Phi) is 4.22. The van der Waals surface area contributed by atoms with Crippen LogP contribution in [0, 0.1) is 9.49 Å². The van der Waals surface area contributed by atoms with Gasteiger partial charge in [0.25, 0.3) is 5.56 Å². The Hall–Kier alpha value is -0.390. The van der Waals surface area contributed by atoms with E-state index in [0.29, 0.717) is 11.8 Å². The Morgan fingerprint density at radius 2 is 2.06 bits per heavy atom. The van der Waals surface area contributed by atoms with E-state index in [1.165, 1.54) is 25.7 Å². The van der Waals surface area contributed by atoms with Crippen molar-refractivity contribution in [2.75, 3.05) is 0 Å². The third-order valence-corrected chi connectivity index (χ3v) is 4.41. The van der Waals surface area contributed by atoms with Crippen molar-refractivity contribution in [2.24, 2.45) is 5.92 Å². The van der Waals surface area contributed by atoms with Gasteiger partial charge >= 0.3 is 0 Å². The molecule has 0 amide bonds. The van der Waals surface area contributed by atoms with Crippen molar-refractivity contribution in [2.45, 2.75) is 51.9 Å². The van der Waals surface area contributed by atoms with Crippen molar-refractivity contribution in [3.05, 3.63) is 25.4 Å². The van der Waals surface area contributed by atoms with Gasteiger partial charge in [0.15, 0.2) is 0 Å². The molecule has 1 fully saturated rings. The number of hydrogen-bond donors (Lipinski definition) is 1. The molecule has 0 aromatic carbocycles. The van der Waals surface area contributed by atoms with Crippen LogP contribution in [0.15, 0.2) is 4.79 Å². The van der Waals surface area contributed by atoms with E-state index >= 15 is 0 Å². The average Bonchev–Trinajstić information content (AvgIpc) is 2.77. The first kappa shape index (κ1) is 13.1. The van der Waals surface area contributed by atoms with Gasteiger partial charge < -0.3 is 4.98 Å². The Morgan fingerprint density at radius 1 is 1.41 bits per heavy atom. The van der Waals surface area contributed by atoms with Gasteiger partial charge in [0.05, 0.1) is 9.26 Å². The summed E-state index contributed by atoms with van der Waals surface area (Å²) in [6.45, 7) is 4.32. The van der Waals surface area contributed by atoms with E-state index in [2.05, 4.69) is 41.4 Å². The van der Waals surface area contributed by atoms with Crippen LogP contribution in [0.25, 0.3) is 0 Å². The standard InChI is InChI=1S/C13H19IN2O/c1-8(2)7-10-11(14)13(17)16-12(15-10)9-5-3-4-6-9/h8-9H,3-7H2,1-2H3,(H,15,16,17). The van der Waals surface area contributed by atoms with Crippen LogP contribution in [0.5, 0.6) is 0 Å². The van der Waals surface area contributed by atoms with Crippen molar-refractivity contribution in [3.8, 4) is 0 Å². The molecule has 0 radical (unpaired) electrons. The Balaban J connectivity index is 2.34. The van der Waals surface area contributed by atoms with Crippen LogP contribution >= 0.6 is 22.6 Å². The second-order valence-electron chi connectivity index (χ2n) is 5.29. The molecule has 1 saturated carbocycles. The molecule has 0 bridgehead atoms. The van der Waals surface area contributed by atoms with Crippen molar-refractivity contribution < 1.29 is 0 Å². The first-order valence-corrected chi connectivity index (χ1v) is 7.44. The minimum absolute atomic E-state index is 0.0400. The van der Waals surface area contributed by atoms with Crippen LogP contribution in [0.3, 0.4) is 0 Å². The topological polar surface area (TPSA) is 45.8 Å². The maximum absolute atomic E-state index is 11.9. The smallest absolute Gasteiger partial charge is 0.264 e. The molecule has 0 aliphatic heterocycles. The average molecular weight is 346 g/mol. The maximum Gasteiger partial charge on any atom is 0.264 e. The third-order valence-electron chi connectivity index (χ3n) is 3.29. The predicted octanol–water partition coefficient (Wildman–Crippen LogP) is 3.23. The number of H-pyrrole nitrogens is 1. The SMILES string of the molecule is CC(C)Cc1nc(C2CCCC2)[nH]c(=O)c1I. The van der Waals surface area contributed by atoms with E-state index < -0.39 is 0 Å². The van der Waals surface area contributed by atoms with Crippen LogP contribution in [-0.2, 0) is 6.42 Å². The number of nitrogens with one attached hydrogen (secondary N) is 1. The fraction of sp³-hybridized carbons (Fsp3) is 0.692. The molecule has 0 atom stereocenters. The van der Waals surface area contributed by atoms with Crippen LogP contribution in [-0.4, -0.2) is 9.97 Å². The van der Waals surface area contributed by atoms with Crippen LogP contribution in [0.2, 0.25) is 0 Å². The molecule has 94 valence electrons. The lowest BCUT2D eigenvalue weighted by Crippen LogP contribution is -2.20. The van der Waals surface area contributed by atoms with Gasteiger partial charge in [0.1, 0.15) is 5.82 Å². The van der Waals surface area contributed by atoms with E-state index in [0.717, 1.165) is 21.5 Å². The zero-order valence-corrected chi connectivity index (χ0v) is 12.6. The lowest BCUT2D eigenvalue weighted by molar-refractivity contribution is 0.607. The summed E-state index contributed by atoms with van der Waals surface area (Å²) in [6, 6.07) is 0. The minimum atomic E-state index is 0.0400. The van der Waals surface area contributed by atoms with Crippen molar-refractivity contribution in [1.82, 2.24) is 9.97 Å². The summed E-state index contributed by atoms with van der Waals surface area (Å²) in [4.78, 5) is 19.5. The lowest BCUT2D eigenvalue weighted by Gasteiger charge is -2.12. The molecular weight excluding hydrogens is 327 g/mol. The molecule has 1 N–H and O–H groups in total. The molecule has 1 aliphatic rings. The summed E-state index contributed by atoms with van der Waals surface area (Å²) in [5.74, 6) is 1.93. The first-order valence-electron chi connectivity index (χ1n) is 6.36. The third kappa shape index (κ3) is 3.09. The largest absolute Gasteiger partial charge is 0.309 e. The highest BCUT2D eigenvalue weighted by atomic mass is 127. The van der Waals surface area contributed by atoms with Crippen LogP contribution < -0.4 is 5.56 Å².